The summed E-state index contributed by atoms with van der Waals surface area (Å²) >= 11 is 0. The van der Waals surface area contributed by atoms with E-state index in [1.807, 2.05) is 4.90 Å². The van der Waals surface area contributed by atoms with Crippen molar-refractivity contribution in [1.82, 2.24) is 15.0 Å². The fourth-order valence-electron chi connectivity index (χ4n) is 5.29. The Kier molecular flexibility index (Phi) is 4.86. The SMILES string of the molecule is O=C(C1CCCC1)N1C[C@@H](c2nc(-c3ccc(F)cc3)no2)C2(CCOCC2)C1. The Balaban J connectivity index is 1.42. The number of hydrogen-bond donors (Lipinski definition) is 0. The third kappa shape index (κ3) is 3.45. The molecule has 29 heavy (non-hydrogen) atoms. The van der Waals surface area contributed by atoms with Crippen LogP contribution < -0.4 is 0 Å². The second kappa shape index (κ2) is 7.52. The molecular formula is C22H26FN3O3. The van der Waals surface area contributed by atoms with Crippen LogP contribution in [0.1, 0.15) is 50.3 Å². The van der Waals surface area contributed by atoms with Crippen molar-refractivity contribution >= 4 is 5.91 Å². The van der Waals surface area contributed by atoms with Crippen molar-refractivity contribution in [2.24, 2.45) is 11.3 Å². The first-order chi connectivity index (χ1) is 14.1. The Labute approximate surface area is 169 Å². The molecule has 7 heteroatoms. The molecule has 0 N–H and O–H groups in total. The molecular weight excluding hydrogens is 373 g/mol. The average Bonchev–Trinajstić information content (AvgIpc) is 3.49. The number of rotatable bonds is 3. The van der Waals surface area contributed by atoms with Crippen molar-refractivity contribution in [3.05, 3.63) is 36.0 Å². The van der Waals surface area contributed by atoms with Crippen LogP contribution in [0.5, 0.6) is 0 Å². The van der Waals surface area contributed by atoms with Gasteiger partial charge in [0.15, 0.2) is 0 Å². The van der Waals surface area contributed by atoms with Gasteiger partial charge in [-0.2, -0.15) is 4.98 Å². The highest BCUT2D eigenvalue weighted by Crippen LogP contribution is 2.50. The van der Waals surface area contributed by atoms with Gasteiger partial charge in [0.05, 0.1) is 5.92 Å². The van der Waals surface area contributed by atoms with E-state index in [9.17, 15) is 9.18 Å². The molecule has 1 atom stereocenters. The van der Waals surface area contributed by atoms with Gasteiger partial charge < -0.3 is 14.2 Å². The fourth-order valence-corrected chi connectivity index (χ4v) is 5.29. The minimum absolute atomic E-state index is 0.0125. The van der Waals surface area contributed by atoms with Crippen LogP contribution in [0.4, 0.5) is 4.39 Å². The molecule has 0 bridgehead atoms. The predicted octanol–water partition coefficient (Wildman–Crippen LogP) is 3.79. The number of ether oxygens (including phenoxy) is 1. The van der Waals surface area contributed by atoms with Crippen LogP contribution in [0.15, 0.2) is 28.8 Å². The van der Waals surface area contributed by atoms with Gasteiger partial charge in [-0.3, -0.25) is 4.79 Å². The lowest BCUT2D eigenvalue weighted by Gasteiger charge is -2.36. The number of benzene rings is 1. The lowest BCUT2D eigenvalue weighted by molar-refractivity contribution is -0.135. The van der Waals surface area contributed by atoms with E-state index in [4.69, 9.17) is 9.26 Å². The summed E-state index contributed by atoms with van der Waals surface area (Å²) in [5.74, 6) is 1.21. The van der Waals surface area contributed by atoms with Gasteiger partial charge in [-0.15, -0.1) is 0 Å². The first kappa shape index (κ1) is 18.7. The Morgan fingerprint density at radius 1 is 1.14 bits per heavy atom. The van der Waals surface area contributed by atoms with E-state index in [2.05, 4.69) is 10.1 Å². The molecule has 0 unspecified atom stereocenters. The second-order valence-corrected chi connectivity index (χ2v) is 8.69. The van der Waals surface area contributed by atoms with Crippen molar-refractivity contribution in [3.8, 4) is 11.4 Å². The average molecular weight is 399 g/mol. The first-order valence-electron chi connectivity index (χ1n) is 10.6. The molecule has 0 radical (unpaired) electrons. The van der Waals surface area contributed by atoms with Crippen molar-refractivity contribution < 1.29 is 18.4 Å². The summed E-state index contributed by atoms with van der Waals surface area (Å²) in [5, 5.41) is 4.14. The molecule has 5 rings (SSSR count). The van der Waals surface area contributed by atoms with Gasteiger partial charge in [0, 0.05) is 43.2 Å². The number of carbonyl (C=O) groups excluding carboxylic acids is 1. The predicted molar refractivity (Wildman–Crippen MR) is 103 cm³/mol. The van der Waals surface area contributed by atoms with Crippen LogP contribution >= 0.6 is 0 Å². The molecule has 1 aromatic carbocycles. The van der Waals surface area contributed by atoms with Gasteiger partial charge >= 0.3 is 0 Å². The normalized spacial score (nSPS) is 24.4. The van der Waals surface area contributed by atoms with Gasteiger partial charge in [-0.1, -0.05) is 18.0 Å². The Morgan fingerprint density at radius 3 is 2.59 bits per heavy atom. The standard InChI is InChI=1S/C22H26FN3O3/c23-17-7-5-15(6-8-17)19-24-20(29-25-19)18-13-26(21(27)16-3-1-2-4-16)14-22(18)9-11-28-12-10-22/h5-8,16,18H,1-4,9-14H2/t18-/m0/s1. The first-order valence-corrected chi connectivity index (χ1v) is 10.6. The molecule has 3 heterocycles. The van der Waals surface area contributed by atoms with Gasteiger partial charge in [-0.05, 0) is 49.9 Å². The van der Waals surface area contributed by atoms with E-state index in [0.717, 1.165) is 50.6 Å². The highest BCUT2D eigenvalue weighted by atomic mass is 19.1. The van der Waals surface area contributed by atoms with Crippen LogP contribution in [0.2, 0.25) is 0 Å². The topological polar surface area (TPSA) is 68.5 Å². The van der Waals surface area contributed by atoms with E-state index < -0.39 is 0 Å². The zero-order valence-corrected chi connectivity index (χ0v) is 16.5. The molecule has 1 aliphatic carbocycles. The monoisotopic (exact) mass is 399 g/mol. The summed E-state index contributed by atoms with van der Waals surface area (Å²) in [6.07, 6.45) is 6.09. The maximum absolute atomic E-state index is 13.2. The molecule has 2 saturated heterocycles. The van der Waals surface area contributed by atoms with Crippen LogP contribution in [0.3, 0.4) is 0 Å². The zero-order valence-electron chi connectivity index (χ0n) is 16.5. The number of likely N-dealkylation sites (tertiary alicyclic amines) is 1. The van der Waals surface area contributed by atoms with E-state index in [1.54, 1.807) is 12.1 Å². The van der Waals surface area contributed by atoms with Crippen molar-refractivity contribution in [2.45, 2.75) is 44.4 Å². The van der Waals surface area contributed by atoms with Gasteiger partial charge in [-0.25, -0.2) is 4.39 Å². The van der Waals surface area contributed by atoms with Crippen molar-refractivity contribution in [3.63, 3.8) is 0 Å². The minimum Gasteiger partial charge on any atom is -0.381 e. The summed E-state index contributed by atoms with van der Waals surface area (Å²) in [7, 11) is 0. The number of nitrogens with zero attached hydrogens (tertiary/aromatic N) is 3. The highest BCUT2D eigenvalue weighted by molar-refractivity contribution is 5.79. The molecule has 1 saturated carbocycles. The van der Waals surface area contributed by atoms with Crippen molar-refractivity contribution in [2.75, 3.05) is 26.3 Å². The smallest absolute Gasteiger partial charge is 0.232 e. The molecule has 6 nitrogen and oxygen atoms in total. The maximum atomic E-state index is 13.2. The molecule has 154 valence electrons. The minimum atomic E-state index is -0.296. The van der Waals surface area contributed by atoms with Gasteiger partial charge in [0.1, 0.15) is 5.82 Å². The number of aromatic nitrogens is 2. The number of amides is 1. The highest BCUT2D eigenvalue weighted by Gasteiger charge is 2.52. The summed E-state index contributed by atoms with van der Waals surface area (Å²) in [5.41, 5.74) is 0.651. The second-order valence-electron chi connectivity index (χ2n) is 8.69. The summed E-state index contributed by atoms with van der Waals surface area (Å²) in [4.78, 5) is 19.8. The Bertz CT molecular complexity index is 870. The molecule has 2 aromatic rings. The zero-order chi connectivity index (χ0) is 19.8. The lowest BCUT2D eigenvalue weighted by Crippen LogP contribution is -2.38. The fraction of sp³-hybridized carbons (Fsp3) is 0.591. The quantitative estimate of drug-likeness (QED) is 0.786. The maximum Gasteiger partial charge on any atom is 0.232 e. The van der Waals surface area contributed by atoms with E-state index in [0.29, 0.717) is 31.5 Å². The largest absolute Gasteiger partial charge is 0.381 e. The number of halogens is 1. The van der Waals surface area contributed by atoms with Crippen molar-refractivity contribution in [1.29, 1.82) is 0 Å². The van der Waals surface area contributed by atoms with Gasteiger partial charge in [0.2, 0.25) is 17.6 Å². The number of carbonyl (C=O) groups is 1. The van der Waals surface area contributed by atoms with Crippen LogP contribution in [-0.4, -0.2) is 47.3 Å². The molecule has 1 aromatic heterocycles. The molecule has 3 aliphatic rings. The molecule has 3 fully saturated rings. The summed E-state index contributed by atoms with van der Waals surface area (Å²) < 4.78 is 24.5. The van der Waals surface area contributed by atoms with Crippen LogP contribution in [0, 0.1) is 17.2 Å². The third-order valence-electron chi connectivity index (χ3n) is 6.99. The lowest BCUT2D eigenvalue weighted by atomic mass is 9.72. The third-order valence-corrected chi connectivity index (χ3v) is 6.99. The molecule has 1 amide bonds. The van der Waals surface area contributed by atoms with E-state index in [1.165, 1.54) is 12.1 Å². The Hall–Kier alpha value is -2.28. The van der Waals surface area contributed by atoms with Gasteiger partial charge in [0.25, 0.3) is 0 Å². The summed E-state index contributed by atoms with van der Waals surface area (Å²) in [6.45, 7) is 2.76. The summed E-state index contributed by atoms with van der Waals surface area (Å²) in [6, 6.07) is 6.09. The van der Waals surface area contributed by atoms with E-state index >= 15 is 0 Å². The van der Waals surface area contributed by atoms with Crippen LogP contribution in [-0.2, 0) is 9.53 Å². The molecule has 2 aliphatic heterocycles. The van der Waals surface area contributed by atoms with E-state index in [-0.39, 0.29) is 29.0 Å². The Morgan fingerprint density at radius 2 is 1.86 bits per heavy atom. The molecule has 1 spiro atoms. The van der Waals surface area contributed by atoms with Crippen LogP contribution in [0.25, 0.3) is 11.4 Å². The number of hydrogen-bond acceptors (Lipinski definition) is 5.